The van der Waals surface area contributed by atoms with Gasteiger partial charge in [-0.3, -0.25) is 19.6 Å². The van der Waals surface area contributed by atoms with E-state index in [0.717, 1.165) is 22.6 Å². The SMILES string of the molecule is Cc1ccccc1C(=O)Oc1ccc(/C=N/NC(=O)Cn2cc([N+](=O)[O-])cn2)cc1. The van der Waals surface area contributed by atoms with Gasteiger partial charge in [0, 0.05) is 0 Å². The summed E-state index contributed by atoms with van der Waals surface area (Å²) in [6, 6.07) is 13.7. The largest absolute Gasteiger partial charge is 0.423 e. The van der Waals surface area contributed by atoms with Crippen molar-refractivity contribution >= 4 is 23.8 Å². The average Bonchev–Trinajstić information content (AvgIpc) is 3.18. The van der Waals surface area contributed by atoms with Gasteiger partial charge in [-0.1, -0.05) is 18.2 Å². The molecule has 10 heteroatoms. The van der Waals surface area contributed by atoms with Gasteiger partial charge in [-0.25, -0.2) is 10.2 Å². The number of nitrogens with one attached hydrogen (secondary N) is 1. The fraction of sp³-hybridized carbons (Fsp3) is 0.100. The predicted octanol–water partition coefficient (Wildman–Crippen LogP) is 2.47. The van der Waals surface area contributed by atoms with E-state index in [0.29, 0.717) is 16.9 Å². The van der Waals surface area contributed by atoms with Crippen LogP contribution in [0, 0.1) is 17.0 Å². The fourth-order valence-corrected chi connectivity index (χ4v) is 2.48. The van der Waals surface area contributed by atoms with Gasteiger partial charge in [-0.2, -0.15) is 10.2 Å². The highest BCUT2D eigenvalue weighted by atomic mass is 16.6. The van der Waals surface area contributed by atoms with Gasteiger partial charge in [0.2, 0.25) is 0 Å². The van der Waals surface area contributed by atoms with Crippen LogP contribution in [0.2, 0.25) is 0 Å². The molecular weight excluding hydrogens is 390 g/mol. The summed E-state index contributed by atoms with van der Waals surface area (Å²) in [6.07, 6.45) is 3.63. The number of ether oxygens (including phenoxy) is 1. The lowest BCUT2D eigenvalue weighted by Crippen LogP contribution is -2.23. The number of benzene rings is 2. The van der Waals surface area contributed by atoms with Gasteiger partial charge < -0.3 is 4.74 Å². The number of hydrogen-bond acceptors (Lipinski definition) is 7. The number of carbonyl (C=O) groups is 2. The summed E-state index contributed by atoms with van der Waals surface area (Å²) in [5, 5.41) is 18.1. The summed E-state index contributed by atoms with van der Waals surface area (Å²) >= 11 is 0. The highest BCUT2D eigenvalue weighted by Gasteiger charge is 2.11. The summed E-state index contributed by atoms with van der Waals surface area (Å²) in [5.74, 6) is -0.557. The number of nitro groups is 1. The van der Waals surface area contributed by atoms with Crippen LogP contribution in [0.4, 0.5) is 5.69 Å². The van der Waals surface area contributed by atoms with Gasteiger partial charge >= 0.3 is 11.7 Å². The van der Waals surface area contributed by atoms with Crippen LogP contribution in [-0.4, -0.2) is 32.8 Å². The molecule has 1 N–H and O–H groups in total. The van der Waals surface area contributed by atoms with Gasteiger partial charge in [-0.15, -0.1) is 0 Å². The van der Waals surface area contributed by atoms with Crippen molar-refractivity contribution in [3.8, 4) is 5.75 Å². The van der Waals surface area contributed by atoms with Gasteiger partial charge in [0.25, 0.3) is 5.91 Å². The molecule has 0 radical (unpaired) electrons. The van der Waals surface area contributed by atoms with E-state index in [-0.39, 0.29) is 12.2 Å². The van der Waals surface area contributed by atoms with E-state index in [2.05, 4.69) is 15.6 Å². The molecule has 152 valence electrons. The lowest BCUT2D eigenvalue weighted by atomic mass is 10.1. The first-order valence-corrected chi connectivity index (χ1v) is 8.79. The number of aromatic nitrogens is 2. The van der Waals surface area contributed by atoms with Gasteiger partial charge in [0.1, 0.15) is 24.7 Å². The smallest absolute Gasteiger partial charge is 0.343 e. The maximum atomic E-state index is 12.2. The average molecular weight is 407 g/mol. The Bertz CT molecular complexity index is 1100. The second kappa shape index (κ2) is 9.24. The molecule has 2 aromatic carbocycles. The molecule has 1 amide bonds. The van der Waals surface area contributed by atoms with Crippen molar-refractivity contribution in [1.82, 2.24) is 15.2 Å². The predicted molar refractivity (Wildman–Crippen MR) is 107 cm³/mol. The first-order chi connectivity index (χ1) is 14.4. The fourth-order valence-electron chi connectivity index (χ4n) is 2.48. The minimum atomic E-state index is -0.596. The second-order valence-electron chi connectivity index (χ2n) is 6.22. The first-order valence-electron chi connectivity index (χ1n) is 8.79. The zero-order chi connectivity index (χ0) is 21.5. The van der Waals surface area contributed by atoms with E-state index in [1.54, 1.807) is 36.4 Å². The normalized spacial score (nSPS) is 10.7. The molecule has 1 heterocycles. The van der Waals surface area contributed by atoms with Crippen LogP contribution >= 0.6 is 0 Å². The molecule has 10 nitrogen and oxygen atoms in total. The van der Waals surface area contributed by atoms with E-state index in [1.807, 2.05) is 19.1 Å². The Morgan fingerprint density at radius 2 is 1.97 bits per heavy atom. The summed E-state index contributed by atoms with van der Waals surface area (Å²) < 4.78 is 6.49. The third-order valence-electron chi connectivity index (χ3n) is 3.99. The van der Waals surface area contributed by atoms with Crippen molar-refractivity contribution in [2.45, 2.75) is 13.5 Å². The maximum Gasteiger partial charge on any atom is 0.343 e. The molecule has 30 heavy (non-hydrogen) atoms. The van der Waals surface area contributed by atoms with Crippen LogP contribution in [0.1, 0.15) is 21.5 Å². The molecule has 0 unspecified atom stereocenters. The molecular formula is C20H17N5O5. The van der Waals surface area contributed by atoms with Crippen molar-refractivity contribution < 1.29 is 19.2 Å². The van der Waals surface area contributed by atoms with Gasteiger partial charge in [-0.05, 0) is 48.4 Å². The monoisotopic (exact) mass is 407 g/mol. The Kier molecular flexibility index (Phi) is 6.28. The molecule has 0 spiro atoms. The number of esters is 1. The minimum Gasteiger partial charge on any atom is -0.423 e. The number of rotatable bonds is 7. The molecule has 0 aliphatic heterocycles. The van der Waals surface area contributed by atoms with E-state index in [9.17, 15) is 19.7 Å². The quantitative estimate of drug-likeness (QED) is 0.211. The zero-order valence-electron chi connectivity index (χ0n) is 15.9. The number of carbonyl (C=O) groups excluding carboxylic acids is 2. The third kappa shape index (κ3) is 5.35. The summed E-state index contributed by atoms with van der Waals surface area (Å²) in [7, 11) is 0. The highest BCUT2D eigenvalue weighted by Crippen LogP contribution is 2.15. The van der Waals surface area contributed by atoms with Crippen LogP contribution in [0.25, 0.3) is 0 Å². The second-order valence-corrected chi connectivity index (χ2v) is 6.22. The van der Waals surface area contributed by atoms with Crippen LogP contribution in [0.5, 0.6) is 5.75 Å². The molecule has 0 aliphatic carbocycles. The van der Waals surface area contributed by atoms with Crippen molar-refractivity contribution in [2.75, 3.05) is 0 Å². The lowest BCUT2D eigenvalue weighted by Gasteiger charge is -2.06. The van der Waals surface area contributed by atoms with E-state index in [1.165, 1.54) is 6.21 Å². The molecule has 0 fully saturated rings. The Hall–Kier alpha value is -4.34. The van der Waals surface area contributed by atoms with E-state index < -0.39 is 16.8 Å². The minimum absolute atomic E-state index is 0.200. The summed E-state index contributed by atoms with van der Waals surface area (Å²) in [5.41, 5.74) is 4.09. The summed E-state index contributed by atoms with van der Waals surface area (Å²) in [4.78, 5) is 34.0. The molecule has 0 aliphatic rings. The Balaban J connectivity index is 1.51. The number of amides is 1. The Morgan fingerprint density at radius 1 is 1.23 bits per heavy atom. The van der Waals surface area contributed by atoms with Gasteiger partial charge in [0.15, 0.2) is 0 Å². The first kappa shape index (κ1) is 20.4. The topological polar surface area (TPSA) is 129 Å². The molecule has 3 rings (SSSR count). The maximum absolute atomic E-state index is 12.2. The Morgan fingerprint density at radius 3 is 2.63 bits per heavy atom. The van der Waals surface area contributed by atoms with Crippen molar-refractivity contribution in [1.29, 1.82) is 0 Å². The Labute approximate surface area is 170 Å². The molecule has 3 aromatic rings. The molecule has 0 bridgehead atoms. The number of nitrogens with zero attached hydrogens (tertiary/aromatic N) is 4. The highest BCUT2D eigenvalue weighted by molar-refractivity contribution is 5.92. The number of hydrazone groups is 1. The van der Waals surface area contributed by atoms with Crippen molar-refractivity contribution in [3.05, 3.63) is 87.7 Å². The van der Waals surface area contributed by atoms with Crippen LogP contribution in [-0.2, 0) is 11.3 Å². The lowest BCUT2D eigenvalue weighted by molar-refractivity contribution is -0.385. The zero-order valence-corrected chi connectivity index (χ0v) is 15.9. The summed E-state index contributed by atoms with van der Waals surface area (Å²) in [6.45, 7) is 1.62. The standard InChI is InChI=1S/C20H17N5O5/c1-14-4-2-3-5-18(14)20(27)30-17-8-6-15(7-9-17)10-21-23-19(26)13-24-12-16(11-22-24)25(28)29/h2-12H,13H2,1H3,(H,23,26)/b21-10+. The van der Waals surface area contributed by atoms with Crippen LogP contribution in [0.15, 0.2) is 66.0 Å². The van der Waals surface area contributed by atoms with Crippen molar-refractivity contribution in [2.24, 2.45) is 5.10 Å². The number of hydrogen-bond donors (Lipinski definition) is 1. The molecule has 0 saturated carbocycles. The molecule has 1 aromatic heterocycles. The number of aryl methyl sites for hydroxylation is 1. The third-order valence-corrected chi connectivity index (χ3v) is 3.99. The van der Waals surface area contributed by atoms with Crippen LogP contribution in [0.3, 0.4) is 0 Å². The van der Waals surface area contributed by atoms with E-state index in [4.69, 9.17) is 4.74 Å². The molecule has 0 saturated heterocycles. The molecule has 0 atom stereocenters. The van der Waals surface area contributed by atoms with Crippen molar-refractivity contribution in [3.63, 3.8) is 0 Å². The van der Waals surface area contributed by atoms with Crippen LogP contribution < -0.4 is 10.2 Å². The van der Waals surface area contributed by atoms with E-state index >= 15 is 0 Å². The van der Waals surface area contributed by atoms with Gasteiger partial charge in [0.05, 0.1) is 16.7 Å².